The lowest BCUT2D eigenvalue weighted by atomic mass is 10.3. The van der Waals surface area contributed by atoms with Crippen LogP contribution in [0.5, 0.6) is 0 Å². The number of aromatic amines is 1. The van der Waals surface area contributed by atoms with Crippen molar-refractivity contribution in [3.8, 4) is 0 Å². The molecule has 0 spiro atoms. The molecule has 0 unspecified atom stereocenters. The Morgan fingerprint density at radius 3 is 2.59 bits per heavy atom. The summed E-state index contributed by atoms with van der Waals surface area (Å²) in [4.78, 5) is 15.1. The predicted molar refractivity (Wildman–Crippen MR) is 55.5 cm³/mol. The van der Waals surface area contributed by atoms with E-state index < -0.39 is 22.6 Å². The van der Waals surface area contributed by atoms with Gasteiger partial charge in [0.05, 0.1) is 10.4 Å². The Morgan fingerprint density at radius 2 is 2.06 bits per heavy atom. The smallest absolute Gasteiger partial charge is 0.334 e. The molecule has 0 saturated carbocycles. The van der Waals surface area contributed by atoms with Gasteiger partial charge in [0, 0.05) is 10.5 Å². The summed E-state index contributed by atoms with van der Waals surface area (Å²) in [5.74, 6) is -1.26. The van der Waals surface area contributed by atoms with Gasteiger partial charge in [0.2, 0.25) is 5.82 Å². The van der Waals surface area contributed by atoms with Gasteiger partial charge in [0.1, 0.15) is 0 Å². The van der Waals surface area contributed by atoms with Crippen molar-refractivity contribution >= 4 is 32.7 Å². The molecule has 0 bridgehead atoms. The van der Waals surface area contributed by atoms with Crippen LogP contribution in [0.25, 0.3) is 11.0 Å². The number of non-ortho nitro benzene ring substituents is 1. The summed E-state index contributed by atoms with van der Waals surface area (Å²) in [6, 6.07) is 2.40. The minimum Gasteiger partial charge on any atom is -0.334 e. The maximum Gasteiger partial charge on any atom is 0.449 e. The Hall–Kier alpha value is -1.64. The van der Waals surface area contributed by atoms with E-state index in [1.54, 1.807) is 0 Å². The largest absolute Gasteiger partial charge is 0.449 e. The number of nitro benzene ring substituents is 1. The van der Waals surface area contributed by atoms with Crippen molar-refractivity contribution in [3.05, 3.63) is 32.5 Å². The van der Waals surface area contributed by atoms with Crippen LogP contribution in [0.3, 0.4) is 0 Å². The molecule has 2 aromatic rings. The Kier molecular flexibility index (Phi) is 2.57. The van der Waals surface area contributed by atoms with Crippen LogP contribution in [-0.2, 0) is 6.18 Å². The number of nitrogens with zero attached hydrogens (tertiary/aromatic N) is 2. The predicted octanol–water partition coefficient (Wildman–Crippen LogP) is 3.25. The number of imidazole rings is 1. The topological polar surface area (TPSA) is 71.8 Å². The van der Waals surface area contributed by atoms with Crippen LogP contribution in [-0.4, -0.2) is 14.9 Å². The van der Waals surface area contributed by atoms with Crippen molar-refractivity contribution in [2.24, 2.45) is 0 Å². The highest BCUT2D eigenvalue weighted by molar-refractivity contribution is 9.10. The fraction of sp³-hybridized carbons (Fsp3) is 0.125. The van der Waals surface area contributed by atoms with Crippen LogP contribution in [0.1, 0.15) is 5.82 Å². The summed E-state index contributed by atoms with van der Waals surface area (Å²) in [7, 11) is 0. The molecule has 0 fully saturated rings. The molecule has 1 aromatic heterocycles. The number of H-pyrrole nitrogens is 1. The van der Waals surface area contributed by atoms with Crippen LogP contribution in [0.15, 0.2) is 16.6 Å². The zero-order valence-electron chi connectivity index (χ0n) is 7.88. The second kappa shape index (κ2) is 3.69. The van der Waals surface area contributed by atoms with Gasteiger partial charge in [0.15, 0.2) is 5.52 Å². The van der Waals surface area contributed by atoms with E-state index in [1.165, 1.54) is 6.07 Å². The third-order valence-electron chi connectivity index (χ3n) is 2.00. The highest BCUT2D eigenvalue weighted by atomic mass is 79.9. The molecule has 1 aromatic carbocycles. The summed E-state index contributed by atoms with van der Waals surface area (Å²) in [5, 5.41) is 10.7. The normalized spacial score (nSPS) is 12.0. The number of nitrogens with one attached hydrogen (secondary N) is 1. The molecule has 17 heavy (non-hydrogen) atoms. The van der Waals surface area contributed by atoms with E-state index in [0.29, 0.717) is 4.47 Å². The van der Waals surface area contributed by atoms with Crippen molar-refractivity contribution in [2.45, 2.75) is 6.18 Å². The van der Waals surface area contributed by atoms with Crippen molar-refractivity contribution in [2.75, 3.05) is 0 Å². The molecule has 0 atom stereocenters. The molecule has 0 amide bonds. The molecule has 9 heteroatoms. The summed E-state index contributed by atoms with van der Waals surface area (Å²) in [6.45, 7) is 0. The third-order valence-corrected chi connectivity index (χ3v) is 2.45. The summed E-state index contributed by atoms with van der Waals surface area (Å²) in [5.41, 5.74) is -0.843. The van der Waals surface area contributed by atoms with Crippen molar-refractivity contribution in [1.82, 2.24) is 9.97 Å². The lowest BCUT2D eigenvalue weighted by Gasteiger charge is -1.98. The molecular weight excluding hydrogens is 307 g/mol. The van der Waals surface area contributed by atoms with E-state index in [9.17, 15) is 23.3 Å². The third kappa shape index (κ3) is 2.09. The SMILES string of the molecule is O=[N+]([O-])c1cc(Br)cc2[nH]c(C(F)(F)F)nc12. The number of benzene rings is 1. The second-order valence-corrected chi connectivity index (χ2v) is 4.08. The van der Waals surface area contributed by atoms with Gasteiger partial charge in [-0.05, 0) is 6.07 Å². The van der Waals surface area contributed by atoms with Gasteiger partial charge in [0.25, 0.3) is 5.69 Å². The van der Waals surface area contributed by atoms with E-state index in [2.05, 4.69) is 20.9 Å². The fourth-order valence-electron chi connectivity index (χ4n) is 1.34. The monoisotopic (exact) mass is 309 g/mol. The first-order chi connectivity index (χ1) is 7.79. The maximum absolute atomic E-state index is 12.4. The average molecular weight is 310 g/mol. The Balaban J connectivity index is 2.76. The molecule has 1 heterocycles. The molecule has 0 radical (unpaired) electrons. The van der Waals surface area contributed by atoms with E-state index in [-0.39, 0.29) is 11.0 Å². The quantitative estimate of drug-likeness (QED) is 0.649. The lowest BCUT2D eigenvalue weighted by molar-refractivity contribution is -0.383. The first-order valence-electron chi connectivity index (χ1n) is 4.20. The molecule has 0 aliphatic carbocycles. The number of halogens is 4. The van der Waals surface area contributed by atoms with Crippen LogP contribution < -0.4 is 0 Å². The van der Waals surface area contributed by atoms with Gasteiger partial charge in [-0.2, -0.15) is 13.2 Å². The first kappa shape index (κ1) is 11.8. The molecular formula is C8H3BrF3N3O2. The van der Waals surface area contributed by atoms with Crippen molar-refractivity contribution in [3.63, 3.8) is 0 Å². The Bertz CT molecular complexity index is 608. The fourth-order valence-corrected chi connectivity index (χ4v) is 1.78. The van der Waals surface area contributed by atoms with Gasteiger partial charge < -0.3 is 4.98 Å². The Morgan fingerprint density at radius 1 is 1.41 bits per heavy atom. The number of rotatable bonds is 1. The van der Waals surface area contributed by atoms with E-state index in [0.717, 1.165) is 6.07 Å². The molecule has 2 rings (SSSR count). The van der Waals surface area contributed by atoms with Gasteiger partial charge in [-0.1, -0.05) is 15.9 Å². The van der Waals surface area contributed by atoms with Crippen LogP contribution in [0, 0.1) is 10.1 Å². The molecule has 5 nitrogen and oxygen atoms in total. The van der Waals surface area contributed by atoms with E-state index >= 15 is 0 Å². The number of hydrogen-bond donors (Lipinski definition) is 1. The average Bonchev–Trinajstić information content (AvgIpc) is 2.58. The number of alkyl halides is 3. The van der Waals surface area contributed by atoms with Crippen LogP contribution in [0.2, 0.25) is 0 Å². The van der Waals surface area contributed by atoms with Crippen LogP contribution in [0.4, 0.5) is 18.9 Å². The maximum atomic E-state index is 12.4. The number of nitro groups is 1. The molecule has 0 saturated heterocycles. The molecule has 90 valence electrons. The van der Waals surface area contributed by atoms with Gasteiger partial charge >= 0.3 is 6.18 Å². The lowest BCUT2D eigenvalue weighted by Crippen LogP contribution is -2.06. The second-order valence-electron chi connectivity index (χ2n) is 3.16. The van der Waals surface area contributed by atoms with Gasteiger partial charge in [-0.3, -0.25) is 10.1 Å². The van der Waals surface area contributed by atoms with Gasteiger partial charge in [-0.15, -0.1) is 0 Å². The zero-order valence-corrected chi connectivity index (χ0v) is 9.46. The summed E-state index contributed by atoms with van der Waals surface area (Å²) in [6.07, 6.45) is -4.67. The molecule has 1 N–H and O–H groups in total. The summed E-state index contributed by atoms with van der Waals surface area (Å²) < 4.78 is 37.5. The van der Waals surface area contributed by atoms with Crippen molar-refractivity contribution < 1.29 is 18.1 Å². The first-order valence-corrected chi connectivity index (χ1v) is 4.99. The minimum absolute atomic E-state index is 0.0431. The molecule has 0 aliphatic heterocycles. The standard InChI is InChI=1S/C8H3BrF3N3O2/c9-3-1-4-6(5(2-3)15(16)17)14-7(13-4)8(10,11)12/h1-2H,(H,13,14). The number of fused-ring (bicyclic) bond motifs is 1. The van der Waals surface area contributed by atoms with Crippen LogP contribution >= 0.6 is 15.9 Å². The highest BCUT2D eigenvalue weighted by Crippen LogP contribution is 2.33. The minimum atomic E-state index is -4.67. The van der Waals surface area contributed by atoms with Crippen molar-refractivity contribution in [1.29, 1.82) is 0 Å². The van der Waals surface area contributed by atoms with Gasteiger partial charge in [-0.25, -0.2) is 4.98 Å². The number of aromatic nitrogens is 2. The summed E-state index contributed by atoms with van der Waals surface area (Å²) >= 11 is 2.98. The zero-order chi connectivity index (χ0) is 12.8. The Labute approximate surface area is 99.9 Å². The number of hydrogen-bond acceptors (Lipinski definition) is 3. The highest BCUT2D eigenvalue weighted by Gasteiger charge is 2.35. The van der Waals surface area contributed by atoms with E-state index in [1.807, 2.05) is 4.98 Å². The van der Waals surface area contributed by atoms with E-state index in [4.69, 9.17) is 0 Å². The molecule has 0 aliphatic rings.